The molecule has 0 aliphatic carbocycles. The zero-order chi connectivity index (χ0) is 10.8. The molecular formula is C11H15NO3. The largest absolute Gasteiger partial charge is 0.508 e. The van der Waals surface area contributed by atoms with Crippen molar-refractivity contribution in [1.29, 1.82) is 0 Å². The fraction of sp³-hybridized carbons (Fsp3) is 0.455. The van der Waals surface area contributed by atoms with Gasteiger partial charge in [0.1, 0.15) is 5.75 Å². The lowest BCUT2D eigenvalue weighted by Gasteiger charge is -2.14. The van der Waals surface area contributed by atoms with Crippen molar-refractivity contribution in [3.05, 3.63) is 17.7 Å². The first kappa shape index (κ1) is 10.1. The van der Waals surface area contributed by atoms with Gasteiger partial charge in [0.15, 0.2) is 11.5 Å². The Bertz CT molecular complexity index is 365. The lowest BCUT2D eigenvalue weighted by Crippen LogP contribution is -2.05. The number of nitrogens with two attached hydrogens (primary N) is 1. The first-order valence-electron chi connectivity index (χ1n) is 5.05. The van der Waals surface area contributed by atoms with Crippen LogP contribution in [0.3, 0.4) is 0 Å². The van der Waals surface area contributed by atoms with Crippen LogP contribution in [0, 0.1) is 0 Å². The van der Waals surface area contributed by atoms with Gasteiger partial charge in [-0.2, -0.15) is 0 Å². The summed E-state index contributed by atoms with van der Waals surface area (Å²) in [6.07, 6.45) is 0.813. The monoisotopic (exact) mass is 209 g/mol. The maximum Gasteiger partial charge on any atom is 0.231 e. The van der Waals surface area contributed by atoms with Crippen LogP contribution in [0.2, 0.25) is 0 Å². The van der Waals surface area contributed by atoms with Gasteiger partial charge in [0.25, 0.3) is 0 Å². The van der Waals surface area contributed by atoms with Crippen LogP contribution in [0.15, 0.2) is 12.1 Å². The quantitative estimate of drug-likeness (QED) is 0.793. The van der Waals surface area contributed by atoms with Crippen LogP contribution >= 0.6 is 0 Å². The van der Waals surface area contributed by atoms with E-state index >= 15 is 0 Å². The Morgan fingerprint density at radius 2 is 2.27 bits per heavy atom. The van der Waals surface area contributed by atoms with E-state index in [9.17, 15) is 5.11 Å². The predicted octanol–water partition coefficient (Wildman–Crippen LogP) is 1.57. The van der Waals surface area contributed by atoms with Gasteiger partial charge in [-0.1, -0.05) is 6.92 Å². The summed E-state index contributed by atoms with van der Waals surface area (Å²) in [6.45, 7) is 2.83. The number of phenols is 1. The third-order valence-electron chi connectivity index (χ3n) is 2.65. The molecule has 4 nitrogen and oxygen atoms in total. The summed E-state index contributed by atoms with van der Waals surface area (Å²) in [5.74, 6) is 1.79. The van der Waals surface area contributed by atoms with Crippen molar-refractivity contribution in [3.63, 3.8) is 0 Å². The molecule has 82 valence electrons. The van der Waals surface area contributed by atoms with Gasteiger partial charge < -0.3 is 20.3 Å². The molecule has 0 amide bonds. The molecule has 4 heteroatoms. The van der Waals surface area contributed by atoms with E-state index < -0.39 is 0 Å². The fourth-order valence-electron chi connectivity index (χ4n) is 1.85. The lowest BCUT2D eigenvalue weighted by atomic mass is 9.95. The van der Waals surface area contributed by atoms with Crippen LogP contribution in [-0.4, -0.2) is 18.4 Å². The van der Waals surface area contributed by atoms with E-state index in [0.717, 1.165) is 12.0 Å². The van der Waals surface area contributed by atoms with E-state index in [2.05, 4.69) is 0 Å². The number of aromatic hydroxyl groups is 1. The smallest absolute Gasteiger partial charge is 0.231 e. The molecule has 0 saturated carbocycles. The van der Waals surface area contributed by atoms with Crippen LogP contribution < -0.4 is 15.2 Å². The summed E-state index contributed by atoms with van der Waals surface area (Å²) in [5.41, 5.74) is 6.31. The normalized spacial score (nSPS) is 15.3. The number of hydrogen-bond donors (Lipinski definition) is 2. The Labute approximate surface area is 88.6 Å². The number of fused-ring (bicyclic) bond motifs is 1. The molecule has 1 aliphatic rings. The van der Waals surface area contributed by atoms with Gasteiger partial charge in [-0.15, -0.1) is 0 Å². The van der Waals surface area contributed by atoms with Crippen LogP contribution in [0.25, 0.3) is 0 Å². The molecule has 1 aromatic rings. The highest BCUT2D eigenvalue weighted by Gasteiger charge is 2.24. The molecule has 3 N–H and O–H groups in total. The van der Waals surface area contributed by atoms with Crippen molar-refractivity contribution >= 4 is 0 Å². The molecule has 1 unspecified atom stereocenters. The summed E-state index contributed by atoms with van der Waals surface area (Å²) in [7, 11) is 0. The molecular weight excluding hydrogens is 194 g/mol. The minimum atomic E-state index is 0.173. The Balaban J connectivity index is 2.40. The fourth-order valence-corrected chi connectivity index (χ4v) is 1.85. The maximum atomic E-state index is 9.80. The number of rotatable bonds is 3. The molecule has 0 fully saturated rings. The highest BCUT2D eigenvalue weighted by atomic mass is 16.7. The van der Waals surface area contributed by atoms with E-state index in [-0.39, 0.29) is 18.5 Å². The van der Waals surface area contributed by atoms with Gasteiger partial charge in [0.05, 0.1) is 0 Å². The van der Waals surface area contributed by atoms with Crippen molar-refractivity contribution in [1.82, 2.24) is 0 Å². The van der Waals surface area contributed by atoms with Gasteiger partial charge in [-0.05, 0) is 31.0 Å². The molecule has 1 heterocycles. The summed E-state index contributed by atoms with van der Waals surface area (Å²) >= 11 is 0. The second-order valence-electron chi connectivity index (χ2n) is 3.71. The average molecular weight is 209 g/mol. The summed E-state index contributed by atoms with van der Waals surface area (Å²) in [6, 6.07) is 3.35. The Morgan fingerprint density at radius 3 is 3.00 bits per heavy atom. The topological polar surface area (TPSA) is 64.7 Å². The minimum Gasteiger partial charge on any atom is -0.508 e. The summed E-state index contributed by atoms with van der Waals surface area (Å²) in [5, 5.41) is 9.80. The van der Waals surface area contributed by atoms with Gasteiger partial charge >= 0.3 is 0 Å². The van der Waals surface area contributed by atoms with Crippen molar-refractivity contribution in [2.24, 2.45) is 5.73 Å². The van der Waals surface area contributed by atoms with Crippen molar-refractivity contribution in [3.8, 4) is 17.2 Å². The third-order valence-corrected chi connectivity index (χ3v) is 2.65. The minimum absolute atomic E-state index is 0.173. The van der Waals surface area contributed by atoms with Gasteiger partial charge in [-0.25, -0.2) is 0 Å². The average Bonchev–Trinajstić information content (AvgIpc) is 2.65. The van der Waals surface area contributed by atoms with Crippen LogP contribution in [0.4, 0.5) is 0 Å². The van der Waals surface area contributed by atoms with Gasteiger partial charge in [0, 0.05) is 5.56 Å². The molecule has 0 saturated heterocycles. The van der Waals surface area contributed by atoms with Gasteiger partial charge in [0.2, 0.25) is 6.79 Å². The molecule has 1 aromatic carbocycles. The van der Waals surface area contributed by atoms with Crippen LogP contribution in [0.1, 0.15) is 24.8 Å². The molecule has 0 radical (unpaired) electrons. The van der Waals surface area contributed by atoms with E-state index in [4.69, 9.17) is 15.2 Å². The van der Waals surface area contributed by atoms with E-state index in [1.165, 1.54) is 0 Å². The number of phenolic OH excluding ortho intramolecular Hbond substituents is 1. The molecule has 0 aromatic heterocycles. The highest BCUT2D eigenvalue weighted by molar-refractivity contribution is 5.55. The Kier molecular flexibility index (Phi) is 2.68. The van der Waals surface area contributed by atoms with E-state index in [1.807, 2.05) is 6.92 Å². The second-order valence-corrected chi connectivity index (χ2v) is 3.71. The van der Waals surface area contributed by atoms with Crippen molar-refractivity contribution in [2.45, 2.75) is 19.3 Å². The zero-order valence-electron chi connectivity index (χ0n) is 8.69. The lowest BCUT2D eigenvalue weighted by molar-refractivity contribution is 0.173. The van der Waals surface area contributed by atoms with Gasteiger partial charge in [-0.3, -0.25) is 0 Å². The maximum absolute atomic E-state index is 9.80. The number of ether oxygens (including phenoxy) is 2. The molecule has 1 atom stereocenters. The number of hydrogen-bond acceptors (Lipinski definition) is 4. The SMILES string of the molecule is CC(CCN)c1c(O)ccc2c1OCO2. The summed E-state index contributed by atoms with van der Waals surface area (Å²) < 4.78 is 10.6. The number of benzene rings is 1. The predicted molar refractivity (Wildman–Crippen MR) is 56.3 cm³/mol. The van der Waals surface area contributed by atoms with Crippen molar-refractivity contribution < 1.29 is 14.6 Å². The second kappa shape index (κ2) is 3.98. The van der Waals surface area contributed by atoms with E-state index in [0.29, 0.717) is 18.0 Å². The molecule has 0 spiro atoms. The van der Waals surface area contributed by atoms with Crippen molar-refractivity contribution in [2.75, 3.05) is 13.3 Å². The highest BCUT2D eigenvalue weighted by Crippen LogP contribution is 2.44. The van der Waals surface area contributed by atoms with E-state index in [1.54, 1.807) is 12.1 Å². The molecule has 1 aliphatic heterocycles. The first-order valence-corrected chi connectivity index (χ1v) is 5.05. The van der Waals surface area contributed by atoms with Crippen LogP contribution in [-0.2, 0) is 0 Å². The molecule has 0 bridgehead atoms. The Morgan fingerprint density at radius 1 is 1.47 bits per heavy atom. The third kappa shape index (κ3) is 1.72. The molecule has 2 rings (SSSR count). The Hall–Kier alpha value is -1.42. The summed E-state index contributed by atoms with van der Waals surface area (Å²) in [4.78, 5) is 0. The zero-order valence-corrected chi connectivity index (χ0v) is 8.69. The van der Waals surface area contributed by atoms with Crippen LogP contribution in [0.5, 0.6) is 17.2 Å². The first-order chi connectivity index (χ1) is 7.24. The standard InChI is InChI=1S/C11H15NO3/c1-7(4-5-12)10-8(13)2-3-9-11(10)15-6-14-9/h2-3,7,13H,4-6,12H2,1H3. The molecule has 15 heavy (non-hydrogen) atoms.